The van der Waals surface area contributed by atoms with Crippen LogP contribution in [0, 0.1) is 21.7 Å². The van der Waals surface area contributed by atoms with Crippen LogP contribution in [0.3, 0.4) is 0 Å². The Morgan fingerprint density at radius 3 is 2.38 bits per heavy atom. The van der Waals surface area contributed by atoms with Gasteiger partial charge in [-0.1, -0.05) is 6.07 Å². The number of halogens is 3. The van der Waals surface area contributed by atoms with Gasteiger partial charge in [0.1, 0.15) is 11.6 Å². The molecule has 0 aliphatic carbocycles. The Morgan fingerprint density at radius 1 is 1.24 bits per heavy atom. The Balaban J connectivity index is 2.26. The monoisotopic (exact) mass is 356 g/mol. The molecule has 1 N–H and O–H groups in total. The number of nitrogens with one attached hydrogen (secondary N) is 1. The second-order valence-electron chi connectivity index (χ2n) is 4.42. The van der Waals surface area contributed by atoms with Crippen LogP contribution < -0.4 is 5.32 Å². The summed E-state index contributed by atoms with van der Waals surface area (Å²) in [5, 5.41) is 13.6. The third-order valence-corrected chi connectivity index (χ3v) is 3.60. The van der Waals surface area contributed by atoms with E-state index in [1.807, 2.05) is 0 Å². The normalized spacial score (nSPS) is 12.0. The van der Waals surface area contributed by atoms with Gasteiger partial charge in [-0.3, -0.25) is 10.1 Å². The number of nitro groups is 1. The molecule has 0 bridgehead atoms. The van der Waals surface area contributed by atoms with Crippen LogP contribution >= 0.6 is 15.9 Å². The predicted molar refractivity (Wildman–Crippen MR) is 79.2 cm³/mol. The fraction of sp³-hybridized carbons (Fsp3) is 0.143. The molecule has 4 nitrogen and oxygen atoms in total. The zero-order valence-corrected chi connectivity index (χ0v) is 12.5. The number of anilines is 1. The zero-order chi connectivity index (χ0) is 15.6. The van der Waals surface area contributed by atoms with E-state index in [-0.39, 0.29) is 11.3 Å². The molecule has 1 atom stereocenters. The van der Waals surface area contributed by atoms with Crippen molar-refractivity contribution in [2.75, 3.05) is 5.32 Å². The van der Waals surface area contributed by atoms with Crippen molar-refractivity contribution >= 4 is 27.3 Å². The summed E-state index contributed by atoms with van der Waals surface area (Å²) < 4.78 is 27.6. The molecule has 0 aliphatic rings. The number of nitrogens with zero attached hydrogens (tertiary/aromatic N) is 1. The molecule has 0 saturated heterocycles. The smallest absolute Gasteiger partial charge is 0.283 e. The molecular formula is C14H11BrF2N2O2. The molecule has 110 valence electrons. The van der Waals surface area contributed by atoms with Crippen LogP contribution in [0.2, 0.25) is 0 Å². The molecule has 0 fully saturated rings. The molecule has 2 aromatic rings. The minimum Gasteiger partial charge on any atom is -0.378 e. The molecule has 0 amide bonds. The Kier molecular flexibility index (Phi) is 4.52. The third kappa shape index (κ3) is 3.36. The summed E-state index contributed by atoms with van der Waals surface area (Å²) in [6.07, 6.45) is 0. The summed E-state index contributed by atoms with van der Waals surface area (Å²) in [6, 6.07) is 7.33. The molecule has 2 aromatic carbocycles. The summed E-state index contributed by atoms with van der Waals surface area (Å²) in [5.41, 5.74) is 0.361. The lowest BCUT2D eigenvalue weighted by molar-refractivity contribution is -0.385. The molecule has 0 heterocycles. The van der Waals surface area contributed by atoms with E-state index in [1.165, 1.54) is 36.4 Å². The molecule has 7 heteroatoms. The maximum atomic E-state index is 13.7. The zero-order valence-electron chi connectivity index (χ0n) is 10.9. The van der Waals surface area contributed by atoms with Gasteiger partial charge in [0, 0.05) is 17.3 Å². The maximum Gasteiger partial charge on any atom is 0.283 e. The van der Waals surface area contributed by atoms with Gasteiger partial charge in [0.15, 0.2) is 0 Å². The molecule has 0 aliphatic heterocycles. The standard InChI is InChI=1S/C14H11BrF2N2O2/c1-8(14-11(16)3-2-4-12(14)17)18-9-5-6-13(19(20)21)10(15)7-9/h2-8,18H,1H3. The van der Waals surface area contributed by atoms with Crippen LogP contribution in [0.25, 0.3) is 0 Å². The van der Waals surface area contributed by atoms with Crippen molar-refractivity contribution < 1.29 is 13.7 Å². The molecule has 1 unspecified atom stereocenters. The minimum absolute atomic E-state index is 0.0769. The second kappa shape index (κ2) is 6.17. The van der Waals surface area contributed by atoms with E-state index < -0.39 is 22.6 Å². The van der Waals surface area contributed by atoms with E-state index in [2.05, 4.69) is 21.2 Å². The number of hydrogen-bond donors (Lipinski definition) is 1. The Hall–Kier alpha value is -2.02. The summed E-state index contributed by atoms with van der Waals surface area (Å²) in [5.74, 6) is -1.29. The molecular weight excluding hydrogens is 346 g/mol. The molecule has 0 saturated carbocycles. The molecule has 0 aromatic heterocycles. The third-order valence-electron chi connectivity index (χ3n) is 2.96. The predicted octanol–water partition coefficient (Wildman–Crippen LogP) is 4.81. The van der Waals surface area contributed by atoms with E-state index >= 15 is 0 Å². The quantitative estimate of drug-likeness (QED) is 0.631. The van der Waals surface area contributed by atoms with Crippen molar-refractivity contribution in [3.8, 4) is 0 Å². The van der Waals surface area contributed by atoms with Crippen molar-refractivity contribution in [1.29, 1.82) is 0 Å². The van der Waals surface area contributed by atoms with Crippen molar-refractivity contribution in [2.45, 2.75) is 13.0 Å². The summed E-state index contributed by atoms with van der Waals surface area (Å²) in [4.78, 5) is 10.2. The van der Waals surface area contributed by atoms with Gasteiger partial charge in [-0.25, -0.2) is 8.78 Å². The van der Waals surface area contributed by atoms with Crippen LogP contribution in [0.5, 0.6) is 0 Å². The Bertz CT molecular complexity index is 674. The largest absolute Gasteiger partial charge is 0.378 e. The maximum absolute atomic E-state index is 13.7. The van der Waals surface area contributed by atoms with Gasteiger partial charge in [0.05, 0.1) is 15.4 Å². The minimum atomic E-state index is -0.643. The number of nitro benzene ring substituents is 1. The van der Waals surface area contributed by atoms with Gasteiger partial charge >= 0.3 is 0 Å². The fourth-order valence-electron chi connectivity index (χ4n) is 1.99. The van der Waals surface area contributed by atoms with Gasteiger partial charge < -0.3 is 5.32 Å². The Labute approximate surface area is 128 Å². The van der Waals surface area contributed by atoms with Crippen LogP contribution in [0.15, 0.2) is 40.9 Å². The number of hydrogen-bond acceptors (Lipinski definition) is 3. The molecule has 21 heavy (non-hydrogen) atoms. The van der Waals surface area contributed by atoms with Crippen molar-refractivity contribution in [3.05, 3.63) is 68.2 Å². The van der Waals surface area contributed by atoms with Crippen LogP contribution in [0.1, 0.15) is 18.5 Å². The van der Waals surface area contributed by atoms with Gasteiger partial charge in [-0.2, -0.15) is 0 Å². The first-order chi connectivity index (χ1) is 9.90. The fourth-order valence-corrected chi connectivity index (χ4v) is 2.51. The first-order valence-electron chi connectivity index (χ1n) is 6.04. The first-order valence-corrected chi connectivity index (χ1v) is 6.84. The first kappa shape index (κ1) is 15.4. The van der Waals surface area contributed by atoms with E-state index in [0.717, 1.165) is 0 Å². The van der Waals surface area contributed by atoms with E-state index in [0.29, 0.717) is 10.2 Å². The number of benzene rings is 2. The molecule has 2 rings (SSSR count). The van der Waals surface area contributed by atoms with Crippen LogP contribution in [-0.2, 0) is 0 Å². The highest BCUT2D eigenvalue weighted by molar-refractivity contribution is 9.10. The van der Waals surface area contributed by atoms with Crippen molar-refractivity contribution in [3.63, 3.8) is 0 Å². The lowest BCUT2D eigenvalue weighted by atomic mass is 10.1. The van der Waals surface area contributed by atoms with Crippen LogP contribution in [-0.4, -0.2) is 4.92 Å². The van der Waals surface area contributed by atoms with Gasteiger partial charge in [-0.15, -0.1) is 0 Å². The lowest BCUT2D eigenvalue weighted by Crippen LogP contribution is -2.11. The highest BCUT2D eigenvalue weighted by atomic mass is 79.9. The average Bonchev–Trinajstić information content (AvgIpc) is 2.37. The van der Waals surface area contributed by atoms with E-state index in [9.17, 15) is 18.9 Å². The molecule has 0 spiro atoms. The van der Waals surface area contributed by atoms with Crippen molar-refractivity contribution in [1.82, 2.24) is 0 Å². The summed E-state index contributed by atoms with van der Waals surface area (Å²) in [6.45, 7) is 1.61. The van der Waals surface area contributed by atoms with Gasteiger partial charge in [0.2, 0.25) is 0 Å². The Morgan fingerprint density at radius 2 is 1.86 bits per heavy atom. The van der Waals surface area contributed by atoms with Crippen molar-refractivity contribution in [2.24, 2.45) is 0 Å². The van der Waals surface area contributed by atoms with Gasteiger partial charge in [-0.05, 0) is 47.1 Å². The average molecular weight is 357 g/mol. The van der Waals surface area contributed by atoms with Gasteiger partial charge in [0.25, 0.3) is 5.69 Å². The highest BCUT2D eigenvalue weighted by Gasteiger charge is 2.17. The van der Waals surface area contributed by atoms with E-state index in [4.69, 9.17) is 0 Å². The second-order valence-corrected chi connectivity index (χ2v) is 5.28. The molecule has 0 radical (unpaired) electrons. The topological polar surface area (TPSA) is 55.2 Å². The summed E-state index contributed by atoms with van der Waals surface area (Å²) >= 11 is 3.09. The SMILES string of the molecule is CC(Nc1ccc([N+](=O)[O-])c(Br)c1)c1c(F)cccc1F. The lowest BCUT2D eigenvalue weighted by Gasteiger charge is -2.17. The number of rotatable bonds is 4. The van der Waals surface area contributed by atoms with Crippen LogP contribution in [0.4, 0.5) is 20.2 Å². The van der Waals surface area contributed by atoms with E-state index in [1.54, 1.807) is 6.92 Å². The highest BCUT2D eigenvalue weighted by Crippen LogP contribution is 2.30. The summed E-state index contributed by atoms with van der Waals surface area (Å²) in [7, 11) is 0.